The van der Waals surface area contributed by atoms with Gasteiger partial charge in [-0.05, 0) is 50.2 Å². The summed E-state index contributed by atoms with van der Waals surface area (Å²) in [5.41, 5.74) is 2.40. The van der Waals surface area contributed by atoms with Gasteiger partial charge in [0.2, 0.25) is 12.1 Å². The average molecular weight is 462 g/mol. The Labute approximate surface area is 198 Å². The highest BCUT2D eigenvalue weighted by Gasteiger charge is 2.34. The van der Waals surface area contributed by atoms with Crippen molar-refractivity contribution in [2.24, 2.45) is 0 Å². The van der Waals surface area contributed by atoms with E-state index in [0.717, 1.165) is 24.5 Å². The van der Waals surface area contributed by atoms with Gasteiger partial charge in [0, 0.05) is 36.2 Å². The summed E-state index contributed by atoms with van der Waals surface area (Å²) in [6, 6.07) is 16.7. The van der Waals surface area contributed by atoms with Gasteiger partial charge >= 0.3 is 0 Å². The summed E-state index contributed by atoms with van der Waals surface area (Å²) in [7, 11) is 0. The molecule has 5 rings (SSSR count). The Balaban J connectivity index is 1.23. The van der Waals surface area contributed by atoms with Gasteiger partial charge in [-0.1, -0.05) is 12.1 Å². The topological polar surface area (TPSA) is 97.8 Å². The van der Waals surface area contributed by atoms with Crippen LogP contribution in [0.5, 0.6) is 11.5 Å². The summed E-state index contributed by atoms with van der Waals surface area (Å²) in [5, 5.41) is 6.23. The zero-order valence-corrected chi connectivity index (χ0v) is 19.2. The van der Waals surface area contributed by atoms with Gasteiger partial charge in [-0.2, -0.15) is 4.98 Å². The first-order valence-electron chi connectivity index (χ1n) is 11.3. The highest BCUT2D eigenvalue weighted by atomic mass is 16.6. The van der Waals surface area contributed by atoms with Crippen LogP contribution >= 0.6 is 0 Å². The Morgan fingerprint density at radius 1 is 0.971 bits per heavy atom. The maximum atomic E-state index is 12.8. The summed E-state index contributed by atoms with van der Waals surface area (Å²) in [4.78, 5) is 24.2. The van der Waals surface area contributed by atoms with Crippen molar-refractivity contribution in [3.05, 3.63) is 60.3 Å². The second kappa shape index (κ2) is 9.56. The standard InChI is InChI=1S/C25H27N5O4/c1-16-15-22(29-25(26-16)30-11-13-32-14-12-30)27-18-7-9-19(10-8-18)28-24(31)23-17(2)33-20-5-3-4-6-21(20)34-23/h3-10,15,17,23H,11-14H2,1-2H3,(H,28,31)(H,26,27,29). The molecule has 1 aromatic heterocycles. The zero-order valence-electron chi connectivity index (χ0n) is 19.2. The third kappa shape index (κ3) is 4.89. The summed E-state index contributed by atoms with van der Waals surface area (Å²) in [5.74, 6) is 2.36. The van der Waals surface area contributed by atoms with Crippen LogP contribution in [0, 0.1) is 6.92 Å². The molecule has 3 aromatic rings. The predicted molar refractivity (Wildman–Crippen MR) is 129 cm³/mol. The van der Waals surface area contributed by atoms with Crippen LogP contribution in [0.4, 0.5) is 23.1 Å². The lowest BCUT2D eigenvalue weighted by molar-refractivity contribution is -0.128. The highest BCUT2D eigenvalue weighted by molar-refractivity contribution is 5.95. The first-order valence-corrected chi connectivity index (χ1v) is 11.3. The Morgan fingerprint density at radius 3 is 2.38 bits per heavy atom. The number of nitrogens with one attached hydrogen (secondary N) is 2. The molecule has 1 fully saturated rings. The fraction of sp³-hybridized carbons (Fsp3) is 0.320. The number of aryl methyl sites for hydroxylation is 1. The molecule has 2 unspecified atom stereocenters. The van der Waals surface area contributed by atoms with Crippen molar-refractivity contribution in [2.45, 2.75) is 26.1 Å². The molecular formula is C25H27N5O4. The van der Waals surface area contributed by atoms with Crippen molar-refractivity contribution in [3.63, 3.8) is 0 Å². The fourth-order valence-electron chi connectivity index (χ4n) is 3.93. The Hall–Kier alpha value is -3.85. The van der Waals surface area contributed by atoms with E-state index in [4.69, 9.17) is 14.2 Å². The van der Waals surface area contributed by atoms with Crippen molar-refractivity contribution >= 4 is 29.0 Å². The molecule has 0 aliphatic carbocycles. The monoisotopic (exact) mass is 461 g/mol. The maximum Gasteiger partial charge on any atom is 0.269 e. The van der Waals surface area contributed by atoms with Crippen LogP contribution in [-0.4, -0.2) is 54.4 Å². The van der Waals surface area contributed by atoms with Gasteiger partial charge in [0.05, 0.1) is 13.2 Å². The van der Waals surface area contributed by atoms with Gasteiger partial charge in [0.1, 0.15) is 11.9 Å². The van der Waals surface area contributed by atoms with Crippen LogP contribution in [0.1, 0.15) is 12.6 Å². The number of ether oxygens (including phenoxy) is 3. The average Bonchev–Trinajstić information content (AvgIpc) is 2.85. The minimum Gasteiger partial charge on any atom is -0.482 e. The molecule has 2 aliphatic heterocycles. The molecular weight excluding hydrogens is 434 g/mol. The van der Waals surface area contributed by atoms with E-state index in [1.54, 1.807) is 6.07 Å². The van der Waals surface area contributed by atoms with Gasteiger partial charge in [-0.3, -0.25) is 4.79 Å². The van der Waals surface area contributed by atoms with Gasteiger partial charge < -0.3 is 29.7 Å². The summed E-state index contributed by atoms with van der Waals surface area (Å²) in [6.45, 7) is 6.68. The number of aromatic nitrogens is 2. The molecule has 2 atom stereocenters. The van der Waals surface area contributed by atoms with E-state index in [9.17, 15) is 4.79 Å². The number of morpholine rings is 1. The molecule has 0 saturated carbocycles. The van der Waals surface area contributed by atoms with Crippen LogP contribution in [0.2, 0.25) is 0 Å². The normalized spacial score (nSPS) is 19.4. The number of anilines is 4. The summed E-state index contributed by atoms with van der Waals surface area (Å²) in [6.07, 6.45) is -1.15. The van der Waals surface area contributed by atoms with E-state index in [0.29, 0.717) is 42.2 Å². The van der Waals surface area contributed by atoms with Crippen molar-refractivity contribution in [3.8, 4) is 11.5 Å². The molecule has 1 amide bonds. The lowest BCUT2D eigenvalue weighted by atomic mass is 10.1. The number of para-hydroxylation sites is 2. The molecule has 0 spiro atoms. The zero-order chi connectivity index (χ0) is 23.5. The van der Waals surface area contributed by atoms with Crippen molar-refractivity contribution in [2.75, 3.05) is 41.8 Å². The molecule has 2 N–H and O–H groups in total. The molecule has 1 saturated heterocycles. The van der Waals surface area contributed by atoms with Crippen molar-refractivity contribution < 1.29 is 19.0 Å². The second-order valence-corrected chi connectivity index (χ2v) is 8.29. The molecule has 2 aromatic carbocycles. The van der Waals surface area contributed by atoms with E-state index in [1.807, 2.05) is 62.4 Å². The van der Waals surface area contributed by atoms with Crippen LogP contribution in [0.3, 0.4) is 0 Å². The van der Waals surface area contributed by atoms with E-state index < -0.39 is 12.2 Å². The van der Waals surface area contributed by atoms with E-state index in [-0.39, 0.29) is 5.91 Å². The number of carbonyl (C=O) groups is 1. The number of fused-ring (bicyclic) bond motifs is 1. The maximum absolute atomic E-state index is 12.8. The van der Waals surface area contributed by atoms with Crippen molar-refractivity contribution in [1.82, 2.24) is 9.97 Å². The van der Waals surface area contributed by atoms with Gasteiger partial charge in [-0.15, -0.1) is 0 Å². The van der Waals surface area contributed by atoms with Gasteiger partial charge in [0.25, 0.3) is 5.91 Å². The minimum atomic E-state index is -0.740. The van der Waals surface area contributed by atoms with Gasteiger partial charge in [-0.25, -0.2) is 4.98 Å². The second-order valence-electron chi connectivity index (χ2n) is 8.29. The van der Waals surface area contributed by atoms with E-state index >= 15 is 0 Å². The van der Waals surface area contributed by atoms with E-state index in [2.05, 4.69) is 25.5 Å². The lowest BCUT2D eigenvalue weighted by Gasteiger charge is -2.31. The Kier molecular flexibility index (Phi) is 6.18. The first-order chi connectivity index (χ1) is 16.5. The molecule has 34 heavy (non-hydrogen) atoms. The van der Waals surface area contributed by atoms with E-state index in [1.165, 1.54) is 0 Å². The molecule has 176 valence electrons. The third-order valence-corrected chi connectivity index (χ3v) is 5.66. The lowest BCUT2D eigenvalue weighted by Crippen LogP contribution is -2.46. The molecule has 0 bridgehead atoms. The molecule has 0 radical (unpaired) electrons. The summed E-state index contributed by atoms with van der Waals surface area (Å²) >= 11 is 0. The number of hydrogen-bond donors (Lipinski definition) is 2. The number of rotatable bonds is 5. The van der Waals surface area contributed by atoms with Crippen LogP contribution in [0.15, 0.2) is 54.6 Å². The molecule has 3 heterocycles. The molecule has 2 aliphatic rings. The van der Waals surface area contributed by atoms with Crippen LogP contribution in [-0.2, 0) is 9.53 Å². The highest BCUT2D eigenvalue weighted by Crippen LogP contribution is 2.33. The third-order valence-electron chi connectivity index (χ3n) is 5.66. The first kappa shape index (κ1) is 22.0. The van der Waals surface area contributed by atoms with Gasteiger partial charge in [0.15, 0.2) is 11.5 Å². The summed E-state index contributed by atoms with van der Waals surface area (Å²) < 4.78 is 17.1. The van der Waals surface area contributed by atoms with Crippen LogP contribution < -0.4 is 25.0 Å². The number of benzene rings is 2. The number of amides is 1. The quantitative estimate of drug-likeness (QED) is 0.596. The number of hydrogen-bond acceptors (Lipinski definition) is 8. The van der Waals surface area contributed by atoms with Crippen molar-refractivity contribution in [1.29, 1.82) is 0 Å². The number of nitrogens with zero attached hydrogens (tertiary/aromatic N) is 3. The molecule has 9 heteroatoms. The Bertz CT molecular complexity index is 1160. The minimum absolute atomic E-state index is 0.260. The smallest absolute Gasteiger partial charge is 0.269 e. The fourth-order valence-corrected chi connectivity index (χ4v) is 3.93. The van der Waals surface area contributed by atoms with Crippen LogP contribution in [0.25, 0.3) is 0 Å². The molecule has 9 nitrogen and oxygen atoms in total. The SMILES string of the molecule is Cc1cc(Nc2ccc(NC(=O)C3Oc4ccccc4OC3C)cc2)nc(N2CCOCC2)n1. The number of carbonyl (C=O) groups excluding carboxylic acids is 1. The Morgan fingerprint density at radius 2 is 1.65 bits per heavy atom. The predicted octanol–water partition coefficient (Wildman–Crippen LogP) is 3.53. The largest absolute Gasteiger partial charge is 0.482 e.